The molecule has 1 aliphatic rings. The van der Waals surface area contributed by atoms with Gasteiger partial charge in [-0.1, -0.05) is 11.6 Å². The fourth-order valence-electron chi connectivity index (χ4n) is 2.47. The summed E-state index contributed by atoms with van der Waals surface area (Å²) in [7, 11) is 0. The lowest BCUT2D eigenvalue weighted by Crippen LogP contribution is -2.51. The first-order valence-corrected chi connectivity index (χ1v) is 7.41. The standard InChI is InChI=1S/C14H13ClFN7/c15-7-1-9-10(6-23(17)14(9)20-2-7)12-19-5-11(16)13(22-12)21-8-3-18-4-8/h1-2,5-6,8,18H,3-4,17H2,(H,19,21,22). The molecule has 0 spiro atoms. The molecule has 9 heteroatoms. The Kier molecular flexibility index (Phi) is 3.28. The van der Waals surface area contributed by atoms with Crippen LogP contribution in [0.25, 0.3) is 22.4 Å². The number of anilines is 1. The molecule has 0 aliphatic carbocycles. The minimum absolute atomic E-state index is 0.166. The van der Waals surface area contributed by atoms with E-state index in [0.29, 0.717) is 27.4 Å². The normalized spacial score (nSPS) is 14.9. The van der Waals surface area contributed by atoms with E-state index >= 15 is 0 Å². The molecule has 4 heterocycles. The molecule has 0 saturated carbocycles. The van der Waals surface area contributed by atoms with Crippen molar-refractivity contribution in [2.75, 3.05) is 24.2 Å². The van der Waals surface area contributed by atoms with Crippen LogP contribution in [0.2, 0.25) is 5.02 Å². The first-order chi connectivity index (χ1) is 11.1. The van der Waals surface area contributed by atoms with Crippen LogP contribution in [0.3, 0.4) is 0 Å². The van der Waals surface area contributed by atoms with Crippen molar-refractivity contribution < 1.29 is 4.39 Å². The molecular formula is C14H13ClFN7. The maximum Gasteiger partial charge on any atom is 0.183 e. The fourth-order valence-corrected chi connectivity index (χ4v) is 2.62. The number of aromatic nitrogens is 4. The highest BCUT2D eigenvalue weighted by Crippen LogP contribution is 2.29. The lowest BCUT2D eigenvalue weighted by atomic mass is 10.2. The third kappa shape index (κ3) is 2.45. The number of rotatable bonds is 3. The molecule has 0 atom stereocenters. The fraction of sp³-hybridized carbons (Fsp3) is 0.214. The average molecular weight is 334 g/mol. The first kappa shape index (κ1) is 14.2. The van der Waals surface area contributed by atoms with Crippen molar-refractivity contribution in [1.82, 2.24) is 24.9 Å². The molecule has 4 N–H and O–H groups in total. The topological polar surface area (TPSA) is 93.7 Å². The molecule has 0 bridgehead atoms. The molecular weight excluding hydrogens is 321 g/mol. The maximum atomic E-state index is 13.9. The molecule has 1 fully saturated rings. The van der Waals surface area contributed by atoms with Crippen LogP contribution in [0.5, 0.6) is 0 Å². The summed E-state index contributed by atoms with van der Waals surface area (Å²) in [4.78, 5) is 12.6. The second-order valence-corrected chi connectivity index (χ2v) is 5.80. The molecule has 7 nitrogen and oxygen atoms in total. The van der Waals surface area contributed by atoms with E-state index in [2.05, 4.69) is 25.6 Å². The van der Waals surface area contributed by atoms with Crippen LogP contribution in [0.15, 0.2) is 24.7 Å². The van der Waals surface area contributed by atoms with Crippen molar-refractivity contribution >= 4 is 28.5 Å². The predicted octanol–water partition coefficient (Wildman–Crippen LogP) is 1.38. The SMILES string of the molecule is Nn1cc(-c2ncc(F)c(NC3CNC3)n2)c2cc(Cl)cnc21. The molecule has 23 heavy (non-hydrogen) atoms. The van der Waals surface area contributed by atoms with Crippen molar-refractivity contribution in [2.45, 2.75) is 6.04 Å². The van der Waals surface area contributed by atoms with Crippen LogP contribution in [-0.2, 0) is 0 Å². The van der Waals surface area contributed by atoms with E-state index in [1.807, 2.05) is 0 Å². The lowest BCUT2D eigenvalue weighted by molar-refractivity contribution is 0.467. The van der Waals surface area contributed by atoms with Crippen molar-refractivity contribution in [3.63, 3.8) is 0 Å². The summed E-state index contributed by atoms with van der Waals surface area (Å²) in [6.45, 7) is 1.56. The molecule has 118 valence electrons. The molecule has 1 aliphatic heterocycles. The van der Waals surface area contributed by atoms with Gasteiger partial charge in [0, 0.05) is 36.4 Å². The second kappa shape index (κ2) is 5.32. The molecule has 3 aromatic heterocycles. The number of pyridine rings is 1. The Labute approximate surface area is 135 Å². The van der Waals surface area contributed by atoms with Gasteiger partial charge in [-0.15, -0.1) is 0 Å². The number of nitrogens with zero attached hydrogens (tertiary/aromatic N) is 4. The molecule has 1 saturated heterocycles. The summed E-state index contributed by atoms with van der Waals surface area (Å²) in [6.07, 6.45) is 4.31. The van der Waals surface area contributed by atoms with E-state index in [9.17, 15) is 4.39 Å². The van der Waals surface area contributed by atoms with Gasteiger partial charge in [0.25, 0.3) is 0 Å². The van der Waals surface area contributed by atoms with Gasteiger partial charge in [0.1, 0.15) is 0 Å². The van der Waals surface area contributed by atoms with Crippen LogP contribution in [0.1, 0.15) is 0 Å². The number of fused-ring (bicyclic) bond motifs is 1. The van der Waals surface area contributed by atoms with E-state index in [4.69, 9.17) is 17.4 Å². The van der Waals surface area contributed by atoms with Crippen LogP contribution in [0, 0.1) is 5.82 Å². The quantitative estimate of drug-likeness (QED) is 0.627. The minimum Gasteiger partial charge on any atom is -0.362 e. The summed E-state index contributed by atoms with van der Waals surface area (Å²) in [6, 6.07) is 1.90. The second-order valence-electron chi connectivity index (χ2n) is 5.36. The van der Waals surface area contributed by atoms with Crippen molar-refractivity contribution in [1.29, 1.82) is 0 Å². The Bertz CT molecular complexity index is 890. The van der Waals surface area contributed by atoms with E-state index < -0.39 is 5.82 Å². The van der Waals surface area contributed by atoms with Gasteiger partial charge in [0.15, 0.2) is 23.1 Å². The number of nitrogens with one attached hydrogen (secondary N) is 2. The molecule has 0 unspecified atom stereocenters. The highest BCUT2D eigenvalue weighted by Gasteiger charge is 2.20. The highest BCUT2D eigenvalue weighted by atomic mass is 35.5. The monoisotopic (exact) mass is 333 g/mol. The average Bonchev–Trinajstić information content (AvgIpc) is 2.81. The van der Waals surface area contributed by atoms with Gasteiger partial charge in [-0.05, 0) is 6.07 Å². The van der Waals surface area contributed by atoms with Gasteiger partial charge in [-0.25, -0.2) is 19.3 Å². The van der Waals surface area contributed by atoms with Gasteiger partial charge in [-0.3, -0.25) is 4.68 Å². The Hall–Kier alpha value is -2.45. The van der Waals surface area contributed by atoms with Gasteiger partial charge in [-0.2, -0.15) is 0 Å². The first-order valence-electron chi connectivity index (χ1n) is 7.03. The maximum absolute atomic E-state index is 13.9. The number of hydrogen-bond donors (Lipinski definition) is 3. The number of hydrogen-bond acceptors (Lipinski definition) is 6. The number of nitrogens with two attached hydrogens (primary N) is 1. The van der Waals surface area contributed by atoms with E-state index in [1.54, 1.807) is 12.3 Å². The zero-order chi connectivity index (χ0) is 16.0. The lowest BCUT2D eigenvalue weighted by Gasteiger charge is -2.28. The van der Waals surface area contributed by atoms with Crippen molar-refractivity contribution in [3.8, 4) is 11.4 Å². The summed E-state index contributed by atoms with van der Waals surface area (Å²) in [5.41, 5.74) is 1.20. The zero-order valence-corrected chi connectivity index (χ0v) is 12.7. The minimum atomic E-state index is -0.492. The Balaban J connectivity index is 1.81. The Morgan fingerprint density at radius 2 is 2.17 bits per heavy atom. The molecule has 3 aromatic rings. The van der Waals surface area contributed by atoms with Crippen molar-refractivity contribution in [3.05, 3.63) is 35.5 Å². The van der Waals surface area contributed by atoms with E-state index in [0.717, 1.165) is 19.3 Å². The Morgan fingerprint density at radius 1 is 1.35 bits per heavy atom. The van der Waals surface area contributed by atoms with Crippen LogP contribution < -0.4 is 16.5 Å². The highest BCUT2D eigenvalue weighted by molar-refractivity contribution is 6.31. The molecule has 0 amide bonds. The molecule has 0 aromatic carbocycles. The molecule has 0 radical (unpaired) electrons. The van der Waals surface area contributed by atoms with E-state index in [-0.39, 0.29) is 11.9 Å². The van der Waals surface area contributed by atoms with Gasteiger partial charge in [0.05, 0.1) is 17.3 Å². The third-order valence-electron chi connectivity index (χ3n) is 3.74. The van der Waals surface area contributed by atoms with E-state index in [1.165, 1.54) is 10.9 Å². The van der Waals surface area contributed by atoms with Crippen LogP contribution >= 0.6 is 11.6 Å². The summed E-state index contributed by atoms with van der Waals surface area (Å²) in [5, 5.41) is 7.35. The summed E-state index contributed by atoms with van der Waals surface area (Å²) >= 11 is 6.01. The number of halogens is 2. The van der Waals surface area contributed by atoms with Crippen LogP contribution in [-0.4, -0.2) is 38.8 Å². The van der Waals surface area contributed by atoms with Crippen molar-refractivity contribution in [2.24, 2.45) is 0 Å². The van der Waals surface area contributed by atoms with Gasteiger partial charge in [0.2, 0.25) is 0 Å². The molecule has 4 rings (SSSR count). The summed E-state index contributed by atoms with van der Waals surface area (Å²) in [5.74, 6) is 5.95. The van der Waals surface area contributed by atoms with Gasteiger partial charge >= 0.3 is 0 Å². The smallest absolute Gasteiger partial charge is 0.183 e. The third-order valence-corrected chi connectivity index (χ3v) is 3.95. The largest absolute Gasteiger partial charge is 0.362 e. The zero-order valence-electron chi connectivity index (χ0n) is 11.9. The summed E-state index contributed by atoms with van der Waals surface area (Å²) < 4.78 is 15.3. The van der Waals surface area contributed by atoms with Crippen LogP contribution in [0.4, 0.5) is 10.2 Å². The van der Waals surface area contributed by atoms with Gasteiger partial charge < -0.3 is 16.5 Å². The predicted molar refractivity (Wildman–Crippen MR) is 86.2 cm³/mol. The number of nitrogen functional groups attached to an aromatic ring is 1. The Morgan fingerprint density at radius 3 is 2.91 bits per heavy atom.